The highest BCUT2D eigenvalue weighted by molar-refractivity contribution is 6.39. The Bertz CT molecular complexity index is 972. The Morgan fingerprint density at radius 2 is 1.96 bits per heavy atom. The summed E-state index contributed by atoms with van der Waals surface area (Å²) in [6.07, 6.45) is 6.81. The lowest BCUT2D eigenvalue weighted by molar-refractivity contribution is -0.126. The number of nitrogens with one attached hydrogen (secondary N) is 1. The number of rotatable bonds is 5. The summed E-state index contributed by atoms with van der Waals surface area (Å²) in [7, 11) is 1.51. The van der Waals surface area contributed by atoms with Gasteiger partial charge in [0.25, 0.3) is 5.91 Å². The van der Waals surface area contributed by atoms with Crippen molar-refractivity contribution in [3.63, 3.8) is 0 Å². The molecule has 0 aliphatic heterocycles. The van der Waals surface area contributed by atoms with Crippen LogP contribution in [-0.4, -0.2) is 29.9 Å². The summed E-state index contributed by atoms with van der Waals surface area (Å²) in [5, 5.41) is 3.11. The molecule has 3 atom stereocenters. The first kappa shape index (κ1) is 18.8. The third kappa shape index (κ3) is 3.34. The zero-order chi connectivity index (χ0) is 19.8. The Kier molecular flexibility index (Phi) is 5.00. The Hall–Kier alpha value is -2.57. The van der Waals surface area contributed by atoms with Crippen LogP contribution in [0.3, 0.4) is 0 Å². The fourth-order valence-electron chi connectivity index (χ4n) is 3.49. The zero-order valence-corrected chi connectivity index (χ0v) is 16.3. The molecular formula is C20H16Cl2N2O4. The number of allylic oxidation sites excluding steroid dienone is 1. The van der Waals surface area contributed by atoms with Gasteiger partial charge in [-0.1, -0.05) is 35.4 Å². The summed E-state index contributed by atoms with van der Waals surface area (Å²) in [6, 6.07) is 4.80. The topological polar surface area (TPSA) is 77.5 Å². The zero-order valence-electron chi connectivity index (χ0n) is 14.8. The van der Waals surface area contributed by atoms with Crippen LogP contribution < -0.4 is 14.8 Å². The fraction of sp³-hybridized carbons (Fsp3) is 0.250. The monoisotopic (exact) mass is 418 g/mol. The van der Waals surface area contributed by atoms with E-state index in [4.69, 9.17) is 32.7 Å². The van der Waals surface area contributed by atoms with Crippen molar-refractivity contribution in [1.29, 1.82) is 0 Å². The van der Waals surface area contributed by atoms with Crippen LogP contribution in [0.2, 0.25) is 10.0 Å². The van der Waals surface area contributed by atoms with E-state index in [1.807, 2.05) is 12.2 Å². The maximum absolute atomic E-state index is 12.9. The number of ether oxygens (including phenoxy) is 2. The number of fused-ring (bicyclic) bond motifs is 2. The van der Waals surface area contributed by atoms with Gasteiger partial charge in [-0.05, 0) is 18.6 Å². The molecule has 1 fully saturated rings. The van der Waals surface area contributed by atoms with Gasteiger partial charge in [-0.3, -0.25) is 14.6 Å². The highest BCUT2D eigenvalue weighted by Gasteiger charge is 2.45. The number of anilines is 1. The Labute approximate surface area is 171 Å². The molecule has 1 saturated carbocycles. The summed E-state index contributed by atoms with van der Waals surface area (Å²) in [5.41, 5.74) is 0.494. The molecule has 28 heavy (non-hydrogen) atoms. The first-order chi connectivity index (χ1) is 13.5. The average molecular weight is 419 g/mol. The minimum absolute atomic E-state index is 0.0173. The molecule has 3 unspecified atom stereocenters. The van der Waals surface area contributed by atoms with E-state index < -0.39 is 12.0 Å². The van der Waals surface area contributed by atoms with Crippen molar-refractivity contribution in [3.8, 4) is 11.5 Å². The second-order valence-electron chi connectivity index (χ2n) is 6.63. The van der Waals surface area contributed by atoms with E-state index in [1.165, 1.54) is 19.5 Å². The van der Waals surface area contributed by atoms with Gasteiger partial charge >= 0.3 is 0 Å². The molecule has 4 rings (SSSR count). The molecule has 2 aliphatic rings. The van der Waals surface area contributed by atoms with Crippen LogP contribution in [0.1, 0.15) is 16.8 Å². The molecule has 1 N–H and O–H groups in total. The quantitative estimate of drug-likeness (QED) is 0.737. The lowest BCUT2D eigenvalue weighted by Crippen LogP contribution is -2.31. The number of methoxy groups -OCH3 is 1. The SMILES string of the molecule is COc1ccc(C(=O)Nc2c(Cl)cncc2Cl)c(OC2C(=O)C3C=CC2C3)c1. The lowest BCUT2D eigenvalue weighted by Gasteiger charge is -2.21. The van der Waals surface area contributed by atoms with Gasteiger partial charge < -0.3 is 14.8 Å². The minimum atomic E-state index is -0.609. The number of amides is 1. The number of halogens is 2. The van der Waals surface area contributed by atoms with E-state index in [1.54, 1.807) is 18.2 Å². The average Bonchev–Trinajstić information content (AvgIpc) is 3.27. The van der Waals surface area contributed by atoms with Gasteiger partial charge in [0.05, 0.1) is 28.4 Å². The lowest BCUT2D eigenvalue weighted by atomic mass is 10.0. The van der Waals surface area contributed by atoms with Gasteiger partial charge in [0, 0.05) is 30.3 Å². The van der Waals surface area contributed by atoms with Gasteiger partial charge in [0.15, 0.2) is 11.9 Å². The van der Waals surface area contributed by atoms with E-state index in [0.29, 0.717) is 5.75 Å². The second-order valence-corrected chi connectivity index (χ2v) is 7.44. The van der Waals surface area contributed by atoms with E-state index >= 15 is 0 Å². The number of aromatic nitrogens is 1. The predicted molar refractivity (Wildman–Crippen MR) is 105 cm³/mol. The summed E-state index contributed by atoms with van der Waals surface area (Å²) >= 11 is 12.2. The normalized spacial score (nSPS) is 22.4. The molecule has 0 spiro atoms. The van der Waals surface area contributed by atoms with Gasteiger partial charge in [0.1, 0.15) is 11.5 Å². The molecule has 2 bridgehead atoms. The number of pyridine rings is 1. The number of hydrogen-bond donors (Lipinski definition) is 1. The third-order valence-corrected chi connectivity index (χ3v) is 5.50. The van der Waals surface area contributed by atoms with Crippen LogP contribution in [0.4, 0.5) is 5.69 Å². The molecular weight excluding hydrogens is 403 g/mol. The first-order valence-corrected chi connectivity index (χ1v) is 9.40. The molecule has 2 aromatic rings. The molecule has 1 heterocycles. The van der Waals surface area contributed by atoms with Crippen LogP contribution in [0.15, 0.2) is 42.7 Å². The maximum atomic E-state index is 12.9. The van der Waals surface area contributed by atoms with Crippen LogP contribution in [0.5, 0.6) is 11.5 Å². The maximum Gasteiger partial charge on any atom is 0.259 e. The second kappa shape index (κ2) is 7.45. The Balaban J connectivity index is 1.64. The summed E-state index contributed by atoms with van der Waals surface area (Å²) in [5.74, 6) is 0.242. The number of hydrogen-bond acceptors (Lipinski definition) is 5. The van der Waals surface area contributed by atoms with Gasteiger partial charge in [0.2, 0.25) is 0 Å². The van der Waals surface area contributed by atoms with Gasteiger partial charge in [-0.2, -0.15) is 0 Å². The van der Waals surface area contributed by atoms with E-state index in [0.717, 1.165) is 6.42 Å². The fourth-order valence-corrected chi connectivity index (χ4v) is 3.95. The number of Topliss-reactive ketones (excluding diaryl/α,β-unsaturated/α-hetero) is 1. The van der Waals surface area contributed by atoms with Crippen molar-refractivity contribution >= 4 is 40.6 Å². The highest BCUT2D eigenvalue weighted by atomic mass is 35.5. The Morgan fingerprint density at radius 3 is 2.61 bits per heavy atom. The smallest absolute Gasteiger partial charge is 0.259 e. The predicted octanol–water partition coefficient (Wildman–Crippen LogP) is 4.17. The number of ketones is 1. The molecule has 1 aromatic carbocycles. The molecule has 6 nitrogen and oxygen atoms in total. The van der Waals surface area contributed by atoms with E-state index in [2.05, 4.69) is 10.3 Å². The summed E-state index contributed by atoms with van der Waals surface area (Å²) in [4.78, 5) is 29.2. The van der Waals surface area contributed by atoms with Crippen molar-refractivity contribution < 1.29 is 19.1 Å². The molecule has 1 aromatic heterocycles. The number of carbonyl (C=O) groups excluding carboxylic acids is 2. The molecule has 2 aliphatic carbocycles. The van der Waals surface area contributed by atoms with E-state index in [9.17, 15) is 9.59 Å². The molecule has 144 valence electrons. The third-order valence-electron chi connectivity index (χ3n) is 4.93. The Morgan fingerprint density at radius 1 is 1.21 bits per heavy atom. The summed E-state index contributed by atoms with van der Waals surface area (Å²) in [6.45, 7) is 0. The van der Waals surface area contributed by atoms with Crippen molar-refractivity contribution in [2.75, 3.05) is 12.4 Å². The number of carbonyl (C=O) groups is 2. The molecule has 0 saturated heterocycles. The van der Waals surface area contributed by atoms with Gasteiger partial charge in [-0.15, -0.1) is 0 Å². The van der Waals surface area contributed by atoms with Crippen LogP contribution in [0, 0.1) is 11.8 Å². The highest BCUT2D eigenvalue weighted by Crippen LogP contribution is 2.40. The van der Waals surface area contributed by atoms with Crippen molar-refractivity contribution in [2.24, 2.45) is 11.8 Å². The first-order valence-electron chi connectivity index (χ1n) is 8.65. The van der Waals surface area contributed by atoms with Crippen molar-refractivity contribution in [3.05, 3.63) is 58.4 Å². The minimum Gasteiger partial charge on any atom is -0.497 e. The van der Waals surface area contributed by atoms with E-state index in [-0.39, 0.29) is 44.7 Å². The molecule has 8 heteroatoms. The molecule has 0 radical (unpaired) electrons. The van der Waals surface area contributed by atoms with Crippen LogP contribution in [-0.2, 0) is 4.79 Å². The van der Waals surface area contributed by atoms with Gasteiger partial charge in [-0.25, -0.2) is 0 Å². The van der Waals surface area contributed by atoms with Crippen LogP contribution in [0.25, 0.3) is 0 Å². The summed E-state index contributed by atoms with van der Waals surface area (Å²) < 4.78 is 11.2. The largest absolute Gasteiger partial charge is 0.497 e. The van der Waals surface area contributed by atoms with Crippen molar-refractivity contribution in [1.82, 2.24) is 4.98 Å². The standard InChI is InChI=1S/C20H16Cl2N2O4/c1-27-12-4-5-13(20(26)24-17-14(21)8-23-9-15(17)22)16(7-12)28-19-11-3-2-10(6-11)18(19)25/h2-5,7-11,19H,6H2,1H3,(H,23,24,26). The number of nitrogens with zero attached hydrogens (tertiary/aromatic N) is 1. The number of benzene rings is 1. The van der Waals surface area contributed by atoms with Crippen LogP contribution >= 0.6 is 23.2 Å². The molecule has 1 amide bonds. The van der Waals surface area contributed by atoms with Crippen molar-refractivity contribution in [2.45, 2.75) is 12.5 Å².